The number of aromatic nitrogens is 1. The highest BCUT2D eigenvalue weighted by molar-refractivity contribution is 7.91. The summed E-state index contributed by atoms with van der Waals surface area (Å²) in [5, 5.41) is 6.27. The third-order valence-electron chi connectivity index (χ3n) is 5.62. The van der Waals surface area contributed by atoms with Crippen LogP contribution in [0.3, 0.4) is 0 Å². The van der Waals surface area contributed by atoms with Gasteiger partial charge in [0.2, 0.25) is 0 Å². The number of aryl methyl sites for hydroxylation is 1. The maximum absolute atomic E-state index is 13.1. The molecule has 9 heteroatoms. The zero-order valence-electron chi connectivity index (χ0n) is 17.4. The topological polar surface area (TPSA) is 101 Å². The first-order valence-corrected chi connectivity index (χ1v) is 12.1. The third kappa shape index (κ3) is 3.47. The Hall–Kier alpha value is -2.81. The monoisotopic (exact) mass is 430 g/mol. The molecule has 2 amide bonds. The van der Waals surface area contributed by atoms with Crippen LogP contribution >= 0.6 is 0 Å². The molecule has 1 unspecified atom stereocenters. The van der Waals surface area contributed by atoms with Gasteiger partial charge in [-0.3, -0.25) is 9.69 Å². The van der Waals surface area contributed by atoms with Crippen molar-refractivity contribution in [1.82, 2.24) is 20.1 Å². The van der Waals surface area contributed by atoms with Crippen LogP contribution in [-0.4, -0.2) is 55.1 Å². The number of rotatable bonds is 4. The highest BCUT2D eigenvalue weighted by atomic mass is 32.2. The van der Waals surface area contributed by atoms with Crippen molar-refractivity contribution in [3.8, 4) is 0 Å². The van der Waals surface area contributed by atoms with Gasteiger partial charge < -0.3 is 15.2 Å². The summed E-state index contributed by atoms with van der Waals surface area (Å²) in [4.78, 5) is 27.6. The van der Waals surface area contributed by atoms with E-state index in [4.69, 9.17) is 0 Å². The van der Waals surface area contributed by atoms with E-state index >= 15 is 0 Å². The normalized spacial score (nSPS) is 20.0. The van der Waals surface area contributed by atoms with Crippen LogP contribution in [0.1, 0.15) is 30.9 Å². The van der Waals surface area contributed by atoms with Gasteiger partial charge in [0.05, 0.1) is 23.1 Å². The van der Waals surface area contributed by atoms with E-state index in [1.165, 1.54) is 10.8 Å². The summed E-state index contributed by atoms with van der Waals surface area (Å²) >= 11 is 0. The minimum Gasteiger partial charge on any atom is -0.384 e. The Labute approximate surface area is 175 Å². The molecule has 0 saturated heterocycles. The molecular weight excluding hydrogens is 404 g/mol. The lowest BCUT2D eigenvalue weighted by Crippen LogP contribution is -2.45. The zero-order valence-corrected chi connectivity index (χ0v) is 18.2. The number of allylic oxidation sites excluding steroid dienone is 1. The largest absolute Gasteiger partial charge is 0.384 e. The molecule has 0 radical (unpaired) electrons. The van der Waals surface area contributed by atoms with Crippen LogP contribution in [0.2, 0.25) is 0 Å². The van der Waals surface area contributed by atoms with Gasteiger partial charge >= 0.3 is 6.03 Å². The number of sulfone groups is 1. The molecule has 3 aliphatic rings. The van der Waals surface area contributed by atoms with Crippen LogP contribution in [0, 0.1) is 0 Å². The van der Waals surface area contributed by atoms with Crippen molar-refractivity contribution in [2.24, 2.45) is 7.05 Å². The van der Waals surface area contributed by atoms with Crippen molar-refractivity contribution in [2.45, 2.75) is 25.8 Å². The van der Waals surface area contributed by atoms with E-state index in [-0.39, 0.29) is 23.4 Å². The van der Waals surface area contributed by atoms with Gasteiger partial charge in [-0.2, -0.15) is 0 Å². The van der Waals surface area contributed by atoms with Crippen molar-refractivity contribution >= 4 is 27.1 Å². The standard InChI is InChI=1S/C21H26N4O4S/c1-4-7-23-21(27)25-11-13-10-14(12-30(3,28)29)15-6-9-24(2)20(26)18(15)19-17(13)16(25)5-8-22-19/h6,9-11,16,22H,4-5,7-8,12H2,1-3H3,(H,23,27). The lowest BCUT2D eigenvalue weighted by molar-refractivity contribution is 0.206. The molecule has 30 heavy (non-hydrogen) atoms. The number of amides is 2. The second-order valence-corrected chi connectivity index (χ2v) is 10.1. The molecular formula is C21H26N4O4S. The van der Waals surface area contributed by atoms with Gasteiger partial charge in [0.1, 0.15) is 0 Å². The number of hydrogen-bond donors (Lipinski definition) is 2. The molecule has 2 N–H and O–H groups in total. The van der Waals surface area contributed by atoms with Crippen LogP contribution in [0.4, 0.5) is 4.79 Å². The summed E-state index contributed by atoms with van der Waals surface area (Å²) < 4.78 is 25.8. The number of pyridine rings is 1. The fraction of sp³-hybridized carbons (Fsp3) is 0.429. The van der Waals surface area contributed by atoms with E-state index in [1.807, 2.05) is 13.0 Å². The average Bonchev–Trinajstić information content (AvgIpc) is 2.99. The van der Waals surface area contributed by atoms with E-state index in [9.17, 15) is 18.0 Å². The van der Waals surface area contributed by atoms with Crippen molar-refractivity contribution in [1.29, 1.82) is 0 Å². The summed E-state index contributed by atoms with van der Waals surface area (Å²) in [6.07, 6.45) is 7.96. The smallest absolute Gasteiger partial charge is 0.322 e. The maximum atomic E-state index is 13.1. The quantitative estimate of drug-likeness (QED) is 0.748. The van der Waals surface area contributed by atoms with E-state index in [1.54, 1.807) is 30.4 Å². The Morgan fingerprint density at radius 3 is 2.83 bits per heavy atom. The minimum absolute atomic E-state index is 0.183. The maximum Gasteiger partial charge on any atom is 0.322 e. The van der Waals surface area contributed by atoms with E-state index in [2.05, 4.69) is 10.6 Å². The van der Waals surface area contributed by atoms with Gasteiger partial charge in [-0.1, -0.05) is 6.92 Å². The molecule has 0 spiro atoms. The second-order valence-electron chi connectivity index (χ2n) is 8.00. The lowest BCUT2D eigenvalue weighted by atomic mass is 9.92. The van der Waals surface area contributed by atoms with Gasteiger partial charge in [-0.15, -0.1) is 0 Å². The van der Waals surface area contributed by atoms with Gasteiger partial charge in [0.15, 0.2) is 9.84 Å². The molecule has 1 atom stereocenters. The number of carbonyl (C=O) groups is 1. The van der Waals surface area contributed by atoms with Crippen LogP contribution in [0.15, 0.2) is 40.5 Å². The Morgan fingerprint density at radius 1 is 1.37 bits per heavy atom. The first-order chi connectivity index (χ1) is 14.2. The highest BCUT2D eigenvalue weighted by Gasteiger charge is 2.40. The van der Waals surface area contributed by atoms with Crippen molar-refractivity contribution in [3.63, 3.8) is 0 Å². The number of hydrogen-bond acceptors (Lipinski definition) is 5. The fourth-order valence-corrected chi connectivity index (χ4v) is 5.14. The van der Waals surface area contributed by atoms with E-state index < -0.39 is 9.84 Å². The van der Waals surface area contributed by atoms with Crippen molar-refractivity contribution in [3.05, 3.63) is 57.2 Å². The predicted octanol–water partition coefficient (Wildman–Crippen LogP) is 1.22. The Balaban J connectivity index is 1.94. The number of nitrogens with one attached hydrogen (secondary N) is 2. The van der Waals surface area contributed by atoms with Crippen molar-refractivity contribution in [2.75, 3.05) is 25.1 Å². The molecule has 8 nitrogen and oxygen atoms in total. The third-order valence-corrected chi connectivity index (χ3v) is 6.45. The van der Waals surface area contributed by atoms with E-state index in [0.29, 0.717) is 41.9 Å². The molecule has 1 aliphatic carbocycles. The summed E-state index contributed by atoms with van der Waals surface area (Å²) in [5.41, 5.74) is 3.79. The minimum atomic E-state index is -3.33. The fourth-order valence-electron chi connectivity index (χ4n) is 4.33. The van der Waals surface area contributed by atoms with Crippen LogP contribution in [0.5, 0.6) is 0 Å². The van der Waals surface area contributed by atoms with Gasteiger partial charge in [-0.05, 0) is 41.7 Å². The number of nitrogens with zero attached hydrogens (tertiary/aromatic N) is 2. The van der Waals surface area contributed by atoms with E-state index in [0.717, 1.165) is 17.6 Å². The summed E-state index contributed by atoms with van der Waals surface area (Å²) in [5.74, 6) is -0.183. The molecule has 3 heterocycles. The SMILES string of the molecule is CCCNC(=O)N1C=C2C=C(CS(C)(=O)=O)c3ccn(C)c(=O)c3C3=C2C1CCN3. The predicted molar refractivity (Wildman–Crippen MR) is 116 cm³/mol. The molecule has 160 valence electrons. The lowest BCUT2D eigenvalue weighted by Gasteiger charge is -2.31. The summed E-state index contributed by atoms with van der Waals surface area (Å²) in [7, 11) is -1.66. The van der Waals surface area contributed by atoms with Crippen molar-refractivity contribution < 1.29 is 13.2 Å². The molecule has 1 aromatic heterocycles. The van der Waals surface area contributed by atoms with Crippen LogP contribution < -0.4 is 16.2 Å². The number of fused-ring (bicyclic) bond motifs is 2. The Bertz CT molecular complexity index is 1170. The molecule has 1 aromatic rings. The first kappa shape index (κ1) is 20.5. The zero-order chi connectivity index (χ0) is 21.6. The molecule has 4 rings (SSSR count). The highest BCUT2D eigenvalue weighted by Crippen LogP contribution is 2.42. The van der Waals surface area contributed by atoms with Gasteiger partial charge in [0.25, 0.3) is 5.56 Å². The van der Waals surface area contributed by atoms with Crippen LogP contribution in [-0.2, 0) is 16.9 Å². The molecule has 2 aliphatic heterocycles. The van der Waals surface area contributed by atoms with Gasteiger partial charge in [-0.25, -0.2) is 13.2 Å². The second kappa shape index (κ2) is 7.46. The van der Waals surface area contributed by atoms with Crippen LogP contribution in [0.25, 0.3) is 11.3 Å². The average molecular weight is 431 g/mol. The molecule has 0 fully saturated rings. The summed E-state index contributed by atoms with van der Waals surface area (Å²) in [6.45, 7) is 3.18. The Kier molecular flexibility index (Phi) is 5.09. The molecule has 0 bridgehead atoms. The molecule has 0 saturated carbocycles. The number of urea groups is 1. The van der Waals surface area contributed by atoms with Gasteiger partial charge in [0, 0.05) is 44.4 Å². The number of carbonyl (C=O) groups excluding carboxylic acids is 1. The Morgan fingerprint density at radius 2 is 2.13 bits per heavy atom. The summed E-state index contributed by atoms with van der Waals surface area (Å²) in [6, 6.07) is 1.41. The first-order valence-electron chi connectivity index (χ1n) is 10.1. The molecule has 0 aromatic carbocycles.